The monoisotopic (exact) mass is 308 g/mol. The van der Waals surface area contributed by atoms with Crippen molar-refractivity contribution < 1.29 is 4.52 Å². The number of aryl methyl sites for hydroxylation is 1. The highest BCUT2D eigenvalue weighted by molar-refractivity contribution is 5.90. The van der Waals surface area contributed by atoms with E-state index in [-0.39, 0.29) is 0 Å². The molecule has 0 saturated carbocycles. The van der Waals surface area contributed by atoms with Crippen molar-refractivity contribution in [3.8, 4) is 0 Å². The summed E-state index contributed by atoms with van der Waals surface area (Å²) >= 11 is 0. The van der Waals surface area contributed by atoms with Crippen LogP contribution in [-0.4, -0.2) is 33.2 Å². The summed E-state index contributed by atoms with van der Waals surface area (Å²) < 4.78 is 7.49. The first kappa shape index (κ1) is 14.2. The molecule has 0 N–H and O–H groups in total. The van der Waals surface area contributed by atoms with Crippen LogP contribution in [0, 0.1) is 6.92 Å². The van der Waals surface area contributed by atoms with Gasteiger partial charge in [0.05, 0.1) is 5.52 Å². The zero-order valence-electron chi connectivity index (χ0n) is 13.7. The Balaban J connectivity index is 1.94. The molecule has 0 bridgehead atoms. The van der Waals surface area contributed by atoms with Crippen LogP contribution in [0.5, 0.6) is 0 Å². The van der Waals surface area contributed by atoms with Crippen LogP contribution >= 0.6 is 0 Å². The first-order valence-electron chi connectivity index (χ1n) is 7.90. The van der Waals surface area contributed by atoms with Crippen molar-refractivity contribution in [3.63, 3.8) is 0 Å². The van der Waals surface area contributed by atoms with Gasteiger partial charge in [0.25, 0.3) is 5.89 Å². The molecule has 0 atom stereocenters. The number of hydrogen-bond donors (Lipinski definition) is 0. The lowest BCUT2D eigenvalue weighted by Gasteiger charge is -2.23. The maximum absolute atomic E-state index is 5.19. The number of hydrogen-bond acceptors (Lipinski definition) is 4. The molecule has 5 heteroatoms. The van der Waals surface area contributed by atoms with Gasteiger partial charge in [-0.25, -0.2) is 0 Å². The molecule has 2 aromatic heterocycles. The van der Waals surface area contributed by atoms with E-state index < -0.39 is 0 Å². The molecule has 5 nitrogen and oxygen atoms in total. The van der Waals surface area contributed by atoms with E-state index in [2.05, 4.69) is 58.0 Å². The smallest absolute Gasteiger partial charge is 0.254 e. The molecule has 23 heavy (non-hydrogen) atoms. The van der Waals surface area contributed by atoms with Crippen LogP contribution in [0.1, 0.15) is 29.6 Å². The number of nitrogens with zero attached hydrogens (tertiary/aromatic N) is 4. The van der Waals surface area contributed by atoms with E-state index in [0.717, 1.165) is 25.1 Å². The van der Waals surface area contributed by atoms with Crippen LogP contribution in [0.3, 0.4) is 0 Å². The van der Waals surface area contributed by atoms with Crippen molar-refractivity contribution in [2.45, 2.75) is 26.8 Å². The second-order valence-corrected chi connectivity index (χ2v) is 6.36. The van der Waals surface area contributed by atoms with E-state index in [9.17, 15) is 0 Å². The molecule has 0 fully saturated rings. The minimum Gasteiger partial charge on any atom is -0.335 e. The lowest BCUT2D eigenvalue weighted by Crippen LogP contribution is -2.26. The number of aromatic nitrogens is 3. The minimum atomic E-state index is 0.570. The standard InChI is InChI=1S/C18H20N4O/c1-12-4-5-16-14(8-12)15-10-21(3)7-6-17(15)22(16)9-13(2)18-19-11-20-23-18/h4-5,8-9,11H,6-7,10H2,1-3H3. The van der Waals surface area contributed by atoms with Gasteiger partial charge in [0.1, 0.15) is 0 Å². The molecule has 1 aromatic carbocycles. The number of allylic oxidation sites excluding steroid dienone is 1. The third kappa shape index (κ3) is 2.37. The van der Waals surface area contributed by atoms with Gasteiger partial charge >= 0.3 is 0 Å². The molecule has 0 aliphatic carbocycles. The van der Waals surface area contributed by atoms with Gasteiger partial charge in [-0.2, -0.15) is 4.98 Å². The highest BCUT2D eigenvalue weighted by atomic mass is 16.5. The van der Waals surface area contributed by atoms with E-state index in [1.807, 2.05) is 6.92 Å². The van der Waals surface area contributed by atoms with E-state index in [4.69, 9.17) is 4.52 Å². The van der Waals surface area contributed by atoms with E-state index >= 15 is 0 Å². The first-order chi connectivity index (χ1) is 11.1. The molecule has 4 rings (SSSR count). The molecule has 0 saturated heterocycles. The van der Waals surface area contributed by atoms with Gasteiger partial charge in [0, 0.05) is 42.4 Å². The Bertz CT molecular complexity index is 890. The number of benzene rings is 1. The third-order valence-corrected chi connectivity index (χ3v) is 4.56. The fourth-order valence-electron chi connectivity index (χ4n) is 3.38. The van der Waals surface area contributed by atoms with E-state index in [1.54, 1.807) is 0 Å². The number of likely N-dealkylation sites (N-methyl/N-ethyl adjacent to an activating group) is 1. The lowest BCUT2D eigenvalue weighted by molar-refractivity contribution is 0.312. The molecule has 0 unspecified atom stereocenters. The van der Waals surface area contributed by atoms with Crippen molar-refractivity contribution in [1.29, 1.82) is 0 Å². The second-order valence-electron chi connectivity index (χ2n) is 6.36. The molecule has 1 aliphatic heterocycles. The Morgan fingerprint density at radius 2 is 2.22 bits per heavy atom. The average molecular weight is 308 g/mol. The second kappa shape index (κ2) is 5.35. The summed E-state index contributed by atoms with van der Waals surface area (Å²) in [4.78, 5) is 6.53. The number of rotatable bonds is 2. The minimum absolute atomic E-state index is 0.570. The maximum atomic E-state index is 5.19. The van der Waals surface area contributed by atoms with Crippen molar-refractivity contribution in [1.82, 2.24) is 19.6 Å². The molecule has 3 heterocycles. The fraction of sp³-hybridized carbons (Fsp3) is 0.333. The van der Waals surface area contributed by atoms with Gasteiger partial charge in [-0.05, 0) is 38.6 Å². The zero-order valence-corrected chi connectivity index (χ0v) is 13.7. The van der Waals surface area contributed by atoms with Crippen molar-refractivity contribution in [2.24, 2.45) is 0 Å². The van der Waals surface area contributed by atoms with Crippen LogP contribution in [0.15, 0.2) is 29.0 Å². The molecular formula is C18H20N4O. The molecule has 0 amide bonds. The van der Waals surface area contributed by atoms with Crippen LogP contribution in [-0.2, 0) is 13.0 Å². The highest BCUT2D eigenvalue weighted by Gasteiger charge is 2.22. The van der Waals surface area contributed by atoms with Crippen LogP contribution in [0.25, 0.3) is 22.7 Å². The predicted molar refractivity (Wildman–Crippen MR) is 90.9 cm³/mol. The van der Waals surface area contributed by atoms with E-state index in [1.165, 1.54) is 34.1 Å². The van der Waals surface area contributed by atoms with E-state index in [0.29, 0.717) is 5.89 Å². The van der Waals surface area contributed by atoms with Gasteiger partial charge in [-0.15, -0.1) is 0 Å². The summed E-state index contributed by atoms with van der Waals surface area (Å²) in [6.45, 7) is 6.23. The van der Waals surface area contributed by atoms with Crippen molar-refractivity contribution in [2.75, 3.05) is 13.6 Å². The molecule has 0 radical (unpaired) electrons. The molecular weight excluding hydrogens is 288 g/mol. The fourth-order valence-corrected chi connectivity index (χ4v) is 3.38. The normalized spacial score (nSPS) is 16.0. The van der Waals surface area contributed by atoms with Crippen molar-refractivity contribution >= 4 is 22.7 Å². The summed E-state index contributed by atoms with van der Waals surface area (Å²) in [5.41, 5.74) is 6.34. The first-order valence-corrected chi connectivity index (χ1v) is 7.90. The largest absolute Gasteiger partial charge is 0.335 e. The van der Waals surface area contributed by atoms with Gasteiger partial charge in [0.2, 0.25) is 0 Å². The zero-order chi connectivity index (χ0) is 16.0. The summed E-state index contributed by atoms with van der Waals surface area (Å²) in [5, 5.41) is 5.05. The Morgan fingerprint density at radius 1 is 1.35 bits per heavy atom. The van der Waals surface area contributed by atoms with Crippen LogP contribution in [0.2, 0.25) is 0 Å². The van der Waals surface area contributed by atoms with Crippen LogP contribution in [0.4, 0.5) is 0 Å². The predicted octanol–water partition coefficient (Wildman–Crippen LogP) is 3.34. The Kier molecular flexibility index (Phi) is 3.31. The molecule has 118 valence electrons. The summed E-state index contributed by atoms with van der Waals surface area (Å²) in [5.74, 6) is 0.570. The van der Waals surface area contributed by atoms with Gasteiger partial charge in [0.15, 0.2) is 6.33 Å². The van der Waals surface area contributed by atoms with Gasteiger partial charge in [-0.1, -0.05) is 16.8 Å². The Hall–Kier alpha value is -2.40. The maximum Gasteiger partial charge on any atom is 0.254 e. The summed E-state index contributed by atoms with van der Waals surface area (Å²) in [6, 6.07) is 6.67. The SMILES string of the molecule is CC(=Cn1c2c(c3cc(C)ccc31)CN(C)CC2)c1ncno1. The summed E-state index contributed by atoms with van der Waals surface area (Å²) in [6.07, 6.45) is 4.61. The van der Waals surface area contributed by atoms with Crippen molar-refractivity contribution in [3.05, 3.63) is 47.2 Å². The Morgan fingerprint density at radius 3 is 3.00 bits per heavy atom. The summed E-state index contributed by atoms with van der Waals surface area (Å²) in [7, 11) is 2.18. The highest BCUT2D eigenvalue weighted by Crippen LogP contribution is 2.32. The topological polar surface area (TPSA) is 47.1 Å². The quantitative estimate of drug-likeness (QED) is 0.728. The Labute approximate surface area is 135 Å². The average Bonchev–Trinajstić information content (AvgIpc) is 3.15. The number of fused-ring (bicyclic) bond motifs is 3. The molecule has 1 aliphatic rings. The molecule has 3 aromatic rings. The van der Waals surface area contributed by atoms with Gasteiger partial charge in [-0.3, -0.25) is 0 Å². The van der Waals surface area contributed by atoms with Gasteiger partial charge < -0.3 is 14.0 Å². The molecule has 0 spiro atoms. The van der Waals surface area contributed by atoms with Crippen LogP contribution < -0.4 is 0 Å². The lowest BCUT2D eigenvalue weighted by atomic mass is 10.0. The third-order valence-electron chi connectivity index (χ3n) is 4.56.